The highest BCUT2D eigenvalue weighted by molar-refractivity contribution is 7.99. The number of thioether (sulfide) groups is 1. The van der Waals surface area contributed by atoms with Crippen LogP contribution >= 0.6 is 11.8 Å². The smallest absolute Gasteiger partial charge is 0.453 e. The Morgan fingerprint density at radius 1 is 0.837 bits per heavy atom. The standard InChI is InChI=1S/C33H43F5O4S/c1-30(29(41)42,19-9-10-20-32(34,35)33(36,37)38)18-8-6-4-3-5-7-11-27-26-17-16-25(40)21-28(26)43-22-31(27,2)23-12-14-24(39)15-13-23/h12-17,21,27,39-40H,3-11,18-20,22H2,1-2H3,(H,41,42). The van der Waals surface area contributed by atoms with Gasteiger partial charge in [-0.1, -0.05) is 70.1 Å². The molecule has 1 aliphatic rings. The van der Waals surface area contributed by atoms with Crippen LogP contribution in [-0.2, 0) is 10.2 Å². The first-order chi connectivity index (χ1) is 20.1. The molecule has 2 aromatic rings. The molecule has 240 valence electrons. The number of hydrogen-bond acceptors (Lipinski definition) is 4. The van der Waals surface area contributed by atoms with Crippen molar-refractivity contribution in [1.29, 1.82) is 0 Å². The van der Waals surface area contributed by atoms with E-state index in [1.165, 1.54) is 5.56 Å². The average Bonchev–Trinajstić information content (AvgIpc) is 2.93. The Hall–Kier alpha value is -2.49. The highest BCUT2D eigenvalue weighted by Gasteiger charge is 2.56. The Morgan fingerprint density at radius 2 is 1.37 bits per heavy atom. The second kappa shape index (κ2) is 14.5. The molecule has 2 aromatic carbocycles. The normalized spacial score (nSPS) is 20.4. The molecule has 10 heteroatoms. The Labute approximate surface area is 255 Å². The number of alkyl halides is 5. The second-order valence-electron chi connectivity index (χ2n) is 12.5. The van der Waals surface area contributed by atoms with E-state index in [4.69, 9.17) is 0 Å². The first-order valence-electron chi connectivity index (χ1n) is 15.0. The number of aromatic hydroxyl groups is 2. The number of phenols is 2. The predicted molar refractivity (Wildman–Crippen MR) is 159 cm³/mol. The van der Waals surface area contributed by atoms with E-state index in [1.807, 2.05) is 24.3 Å². The van der Waals surface area contributed by atoms with Crippen molar-refractivity contribution < 1.29 is 42.1 Å². The van der Waals surface area contributed by atoms with Crippen LogP contribution in [0.1, 0.15) is 108 Å². The van der Waals surface area contributed by atoms with E-state index in [-0.39, 0.29) is 42.1 Å². The lowest BCUT2D eigenvalue weighted by molar-refractivity contribution is -0.284. The molecule has 0 aromatic heterocycles. The molecule has 0 spiro atoms. The van der Waals surface area contributed by atoms with E-state index < -0.39 is 29.9 Å². The fraction of sp³-hybridized carbons (Fsp3) is 0.606. The van der Waals surface area contributed by atoms with Gasteiger partial charge in [0, 0.05) is 22.5 Å². The molecule has 0 amide bonds. The Bertz CT molecular complexity index is 1200. The summed E-state index contributed by atoms with van der Waals surface area (Å²) in [6.07, 6.45) is -0.532. The number of carbonyl (C=O) groups is 1. The van der Waals surface area contributed by atoms with Crippen LogP contribution in [0.3, 0.4) is 0 Å². The second-order valence-corrected chi connectivity index (χ2v) is 13.5. The minimum absolute atomic E-state index is 0.0000470. The largest absolute Gasteiger partial charge is 0.508 e. The van der Waals surface area contributed by atoms with Gasteiger partial charge < -0.3 is 15.3 Å². The van der Waals surface area contributed by atoms with Crippen LogP contribution in [0.4, 0.5) is 22.0 Å². The van der Waals surface area contributed by atoms with Crippen molar-refractivity contribution in [2.75, 3.05) is 5.75 Å². The summed E-state index contributed by atoms with van der Waals surface area (Å²) in [6, 6.07) is 13.0. The number of hydrogen-bond donors (Lipinski definition) is 3. The number of carboxylic acid groups (broad SMARTS) is 1. The lowest BCUT2D eigenvalue weighted by atomic mass is 9.68. The lowest BCUT2D eigenvalue weighted by Crippen LogP contribution is -2.36. The molecule has 0 saturated carbocycles. The zero-order valence-corrected chi connectivity index (χ0v) is 25.7. The van der Waals surface area contributed by atoms with Crippen LogP contribution in [0.25, 0.3) is 0 Å². The fourth-order valence-corrected chi connectivity index (χ4v) is 7.53. The molecular formula is C33H43F5O4S. The first kappa shape index (κ1) is 35.0. The molecule has 0 radical (unpaired) electrons. The molecule has 1 heterocycles. The minimum Gasteiger partial charge on any atom is -0.508 e. The van der Waals surface area contributed by atoms with Gasteiger partial charge in [0.1, 0.15) is 11.5 Å². The van der Waals surface area contributed by atoms with Gasteiger partial charge in [-0.2, -0.15) is 22.0 Å². The summed E-state index contributed by atoms with van der Waals surface area (Å²) < 4.78 is 63.4. The molecule has 0 saturated heterocycles. The monoisotopic (exact) mass is 630 g/mol. The van der Waals surface area contributed by atoms with Crippen LogP contribution in [0, 0.1) is 5.41 Å². The van der Waals surface area contributed by atoms with Gasteiger partial charge in [0.25, 0.3) is 0 Å². The number of rotatable bonds is 16. The van der Waals surface area contributed by atoms with Crippen molar-refractivity contribution in [2.45, 2.75) is 119 Å². The van der Waals surface area contributed by atoms with E-state index in [0.29, 0.717) is 12.8 Å². The van der Waals surface area contributed by atoms with Crippen molar-refractivity contribution in [3.63, 3.8) is 0 Å². The van der Waals surface area contributed by atoms with Gasteiger partial charge in [-0.25, -0.2) is 0 Å². The predicted octanol–water partition coefficient (Wildman–Crippen LogP) is 10.2. The molecule has 0 bridgehead atoms. The average molecular weight is 631 g/mol. The molecule has 4 nitrogen and oxygen atoms in total. The van der Waals surface area contributed by atoms with Crippen molar-refractivity contribution in [2.24, 2.45) is 5.41 Å². The van der Waals surface area contributed by atoms with Gasteiger partial charge in [0.15, 0.2) is 0 Å². The molecule has 0 aliphatic carbocycles. The van der Waals surface area contributed by atoms with Crippen LogP contribution in [-0.4, -0.2) is 39.1 Å². The summed E-state index contributed by atoms with van der Waals surface area (Å²) in [7, 11) is 0. The maximum Gasteiger partial charge on any atom is 0.453 e. The van der Waals surface area contributed by atoms with Crippen molar-refractivity contribution in [1.82, 2.24) is 0 Å². The molecule has 43 heavy (non-hydrogen) atoms. The van der Waals surface area contributed by atoms with Gasteiger partial charge in [-0.15, -0.1) is 11.8 Å². The van der Waals surface area contributed by atoms with E-state index in [1.54, 1.807) is 36.9 Å². The quantitative estimate of drug-likeness (QED) is 0.127. The highest BCUT2D eigenvalue weighted by atomic mass is 32.2. The molecule has 3 atom stereocenters. The van der Waals surface area contributed by atoms with Gasteiger partial charge in [-0.05, 0) is 73.9 Å². The van der Waals surface area contributed by atoms with Gasteiger partial charge in [0.05, 0.1) is 5.41 Å². The summed E-state index contributed by atoms with van der Waals surface area (Å²) in [5.74, 6) is -4.23. The zero-order valence-electron chi connectivity index (χ0n) is 24.9. The first-order valence-corrected chi connectivity index (χ1v) is 16.0. The Kier molecular flexibility index (Phi) is 11.8. The number of halogens is 5. The van der Waals surface area contributed by atoms with Crippen LogP contribution in [0.2, 0.25) is 0 Å². The van der Waals surface area contributed by atoms with E-state index in [0.717, 1.165) is 54.7 Å². The summed E-state index contributed by atoms with van der Waals surface area (Å²) in [5, 5.41) is 29.5. The molecule has 3 N–H and O–H groups in total. The van der Waals surface area contributed by atoms with Crippen molar-refractivity contribution in [3.05, 3.63) is 53.6 Å². The fourth-order valence-electron chi connectivity index (χ4n) is 6.12. The zero-order chi connectivity index (χ0) is 31.9. The minimum atomic E-state index is -5.58. The Balaban J connectivity index is 1.46. The third-order valence-corrected chi connectivity index (χ3v) is 10.5. The van der Waals surface area contributed by atoms with E-state index in [2.05, 4.69) is 6.92 Å². The maximum atomic E-state index is 13.1. The van der Waals surface area contributed by atoms with Crippen LogP contribution in [0.15, 0.2) is 47.4 Å². The van der Waals surface area contributed by atoms with Crippen LogP contribution in [0.5, 0.6) is 11.5 Å². The molecule has 3 rings (SSSR count). The summed E-state index contributed by atoms with van der Waals surface area (Å²) in [4.78, 5) is 12.9. The van der Waals surface area contributed by atoms with Gasteiger partial charge in [0.2, 0.25) is 0 Å². The number of aliphatic carboxylic acids is 1. The molecule has 0 fully saturated rings. The summed E-state index contributed by atoms with van der Waals surface area (Å²) in [6.45, 7) is 3.80. The summed E-state index contributed by atoms with van der Waals surface area (Å²) in [5.41, 5.74) is 1.09. The number of fused-ring (bicyclic) bond motifs is 1. The number of unbranched alkanes of at least 4 members (excludes halogenated alkanes) is 6. The molecule has 3 unspecified atom stereocenters. The Morgan fingerprint density at radius 3 is 1.98 bits per heavy atom. The van der Waals surface area contributed by atoms with E-state index >= 15 is 0 Å². The molecular weight excluding hydrogens is 587 g/mol. The van der Waals surface area contributed by atoms with Crippen molar-refractivity contribution in [3.8, 4) is 11.5 Å². The number of carboxylic acids is 1. The number of benzene rings is 2. The lowest BCUT2D eigenvalue weighted by Gasteiger charge is -2.43. The van der Waals surface area contributed by atoms with E-state index in [9.17, 15) is 42.1 Å². The topological polar surface area (TPSA) is 77.8 Å². The highest BCUT2D eigenvalue weighted by Crippen LogP contribution is 2.52. The number of phenolic OH excluding ortho intramolecular Hbond substituents is 2. The summed E-state index contributed by atoms with van der Waals surface area (Å²) >= 11 is 1.73. The van der Waals surface area contributed by atoms with Crippen molar-refractivity contribution >= 4 is 17.7 Å². The third-order valence-electron chi connectivity index (χ3n) is 9.07. The maximum absolute atomic E-state index is 13.1. The van der Waals surface area contributed by atoms with Crippen LogP contribution < -0.4 is 0 Å². The molecule has 1 aliphatic heterocycles. The van der Waals surface area contributed by atoms with Gasteiger partial charge in [-0.3, -0.25) is 4.79 Å². The van der Waals surface area contributed by atoms with Gasteiger partial charge >= 0.3 is 18.1 Å². The third kappa shape index (κ3) is 9.02. The SMILES string of the molecule is CC(CCCCCCCCC1c2ccc(O)cc2SCC1(C)c1ccc(O)cc1)(CCCCC(F)(F)C(F)(F)F)C(=O)O.